The maximum atomic E-state index is 13.3. The number of aryl methyl sites for hydroxylation is 2. The lowest BCUT2D eigenvalue weighted by Crippen LogP contribution is -2.38. The fraction of sp³-hybridized carbons (Fsp3) is 0.654. The van der Waals surface area contributed by atoms with E-state index in [0.29, 0.717) is 37.0 Å². The number of hydrogen-bond donors (Lipinski definition) is 1. The highest BCUT2D eigenvalue weighted by Crippen LogP contribution is 2.41. The zero-order valence-corrected chi connectivity index (χ0v) is 19.8. The van der Waals surface area contributed by atoms with Crippen LogP contribution in [0.2, 0.25) is 0 Å². The van der Waals surface area contributed by atoms with Crippen LogP contribution < -0.4 is 0 Å². The van der Waals surface area contributed by atoms with Crippen molar-refractivity contribution in [1.82, 2.24) is 15.0 Å². The van der Waals surface area contributed by atoms with Gasteiger partial charge in [-0.2, -0.15) is 0 Å². The van der Waals surface area contributed by atoms with Crippen molar-refractivity contribution in [1.29, 1.82) is 0 Å². The highest BCUT2D eigenvalue weighted by molar-refractivity contribution is 6.04. The fourth-order valence-corrected chi connectivity index (χ4v) is 5.98. The number of aromatic nitrogens is 2. The molecule has 1 atom stereocenters. The minimum Gasteiger partial charge on any atom is -0.361 e. The Morgan fingerprint density at radius 2 is 1.88 bits per heavy atom. The molecule has 5 rings (SSSR count). The zero-order valence-electron chi connectivity index (χ0n) is 19.8. The lowest BCUT2D eigenvalue weighted by atomic mass is 9.71. The molecule has 3 heterocycles. The van der Waals surface area contributed by atoms with Crippen LogP contribution in [-0.4, -0.2) is 39.8 Å². The molecule has 1 aliphatic heterocycles. The second-order valence-electron chi connectivity index (χ2n) is 11.1. The number of hydrogen-bond acceptors (Lipinski definition) is 4. The van der Waals surface area contributed by atoms with Crippen LogP contribution in [-0.2, 0) is 19.3 Å². The molecule has 172 valence electrons. The zero-order chi connectivity index (χ0) is 22.6. The van der Waals surface area contributed by atoms with E-state index in [-0.39, 0.29) is 17.1 Å². The van der Waals surface area contributed by atoms with Crippen LogP contribution in [0.25, 0.3) is 0 Å². The molecule has 6 heteroatoms. The maximum absolute atomic E-state index is 13.3. The van der Waals surface area contributed by atoms with Gasteiger partial charge in [0.05, 0.1) is 5.69 Å². The summed E-state index contributed by atoms with van der Waals surface area (Å²) in [4.78, 5) is 30.8. The Kier molecular flexibility index (Phi) is 5.30. The summed E-state index contributed by atoms with van der Waals surface area (Å²) in [5.74, 6) is 2.24. The van der Waals surface area contributed by atoms with Crippen LogP contribution in [0.5, 0.6) is 0 Å². The number of fused-ring (bicyclic) bond motifs is 2. The van der Waals surface area contributed by atoms with Crippen molar-refractivity contribution in [3.63, 3.8) is 0 Å². The van der Waals surface area contributed by atoms with Gasteiger partial charge in [0, 0.05) is 42.2 Å². The molecule has 0 bridgehead atoms. The Hall–Kier alpha value is -2.37. The van der Waals surface area contributed by atoms with Gasteiger partial charge >= 0.3 is 0 Å². The number of nitrogens with one attached hydrogen (secondary N) is 1. The summed E-state index contributed by atoms with van der Waals surface area (Å²) < 4.78 is 5.89. The Labute approximate surface area is 190 Å². The van der Waals surface area contributed by atoms with Gasteiger partial charge < -0.3 is 14.4 Å². The molecule has 0 aromatic carbocycles. The van der Waals surface area contributed by atoms with Gasteiger partial charge in [-0.05, 0) is 68.8 Å². The molecule has 2 aromatic rings. The molecular formula is C26H35N3O3. The number of nitrogens with zero attached hydrogens (tertiary/aromatic N) is 2. The molecule has 1 saturated heterocycles. The molecule has 1 fully saturated rings. The summed E-state index contributed by atoms with van der Waals surface area (Å²) >= 11 is 0. The van der Waals surface area contributed by atoms with Gasteiger partial charge in [-0.3, -0.25) is 9.59 Å². The summed E-state index contributed by atoms with van der Waals surface area (Å²) in [7, 11) is 0. The molecule has 0 saturated carbocycles. The summed E-state index contributed by atoms with van der Waals surface area (Å²) in [5.41, 5.74) is 5.91. The van der Waals surface area contributed by atoms with Crippen LogP contribution in [0.3, 0.4) is 0 Å². The third-order valence-electron chi connectivity index (χ3n) is 8.11. The van der Waals surface area contributed by atoms with E-state index in [1.165, 1.54) is 12.0 Å². The van der Waals surface area contributed by atoms with E-state index in [0.717, 1.165) is 66.8 Å². The Balaban J connectivity index is 1.29. The van der Waals surface area contributed by atoms with Crippen molar-refractivity contribution in [2.45, 2.75) is 85.0 Å². The summed E-state index contributed by atoms with van der Waals surface area (Å²) in [5, 5.41) is 4.41. The molecule has 1 N–H and O–H groups in total. The molecule has 6 nitrogen and oxygen atoms in total. The Morgan fingerprint density at radius 1 is 1.12 bits per heavy atom. The smallest absolute Gasteiger partial charge is 0.270 e. The maximum Gasteiger partial charge on any atom is 0.270 e. The first-order valence-electron chi connectivity index (χ1n) is 12.2. The van der Waals surface area contributed by atoms with Crippen molar-refractivity contribution in [3.05, 3.63) is 39.5 Å². The van der Waals surface area contributed by atoms with Crippen LogP contribution in [0.15, 0.2) is 4.52 Å². The molecule has 2 aliphatic carbocycles. The molecular weight excluding hydrogens is 402 g/mol. The molecule has 1 amide bonds. The largest absolute Gasteiger partial charge is 0.361 e. The third-order valence-corrected chi connectivity index (χ3v) is 8.11. The summed E-state index contributed by atoms with van der Waals surface area (Å²) in [6.45, 7) is 10.3. The van der Waals surface area contributed by atoms with E-state index in [2.05, 4.69) is 30.9 Å². The lowest BCUT2D eigenvalue weighted by Gasteiger charge is -2.35. The number of Topliss-reactive ketones (excluding diaryl/α,β-unsaturated/α-hetero) is 1. The fourth-order valence-electron chi connectivity index (χ4n) is 5.98. The summed E-state index contributed by atoms with van der Waals surface area (Å²) in [6, 6.07) is 0. The van der Waals surface area contributed by atoms with Crippen molar-refractivity contribution >= 4 is 11.7 Å². The van der Waals surface area contributed by atoms with E-state index in [9.17, 15) is 9.59 Å². The molecule has 0 spiro atoms. The number of H-pyrrole nitrogens is 1. The number of likely N-dealkylation sites (tertiary alicyclic amines) is 1. The van der Waals surface area contributed by atoms with Gasteiger partial charge in [0.15, 0.2) is 5.78 Å². The SMILES string of the molecule is Cc1c(C(=O)N2CCC(c3onc4c3C[C@@H](C(C)(C)C)CC4)CC2)[nH]c2c1C(=O)CCC2. The minimum absolute atomic E-state index is 0.0237. The average Bonchev–Trinajstić information content (AvgIpc) is 3.34. The molecule has 2 aromatic heterocycles. The molecule has 0 unspecified atom stereocenters. The van der Waals surface area contributed by atoms with Gasteiger partial charge in [0.2, 0.25) is 0 Å². The normalized spacial score (nSPS) is 22.1. The predicted molar refractivity (Wildman–Crippen MR) is 122 cm³/mol. The minimum atomic E-state index is 0.0237. The lowest BCUT2D eigenvalue weighted by molar-refractivity contribution is 0.0699. The number of aromatic amines is 1. The highest BCUT2D eigenvalue weighted by atomic mass is 16.5. The van der Waals surface area contributed by atoms with Crippen LogP contribution in [0.4, 0.5) is 0 Å². The first kappa shape index (κ1) is 21.5. The van der Waals surface area contributed by atoms with Crippen molar-refractivity contribution < 1.29 is 14.1 Å². The second kappa shape index (κ2) is 7.89. The monoisotopic (exact) mass is 437 g/mol. The predicted octanol–water partition coefficient (Wildman–Crippen LogP) is 5.00. The number of ketones is 1. The van der Waals surface area contributed by atoms with Gasteiger partial charge in [-0.15, -0.1) is 0 Å². The van der Waals surface area contributed by atoms with Crippen molar-refractivity contribution in [3.8, 4) is 0 Å². The number of rotatable bonds is 2. The summed E-state index contributed by atoms with van der Waals surface area (Å²) in [6.07, 6.45) is 7.33. The number of carbonyl (C=O) groups is 2. The average molecular weight is 438 g/mol. The first-order valence-corrected chi connectivity index (χ1v) is 12.2. The quantitative estimate of drug-likeness (QED) is 0.717. The molecule has 32 heavy (non-hydrogen) atoms. The third kappa shape index (κ3) is 3.61. The Morgan fingerprint density at radius 3 is 2.56 bits per heavy atom. The molecule has 3 aliphatic rings. The van der Waals surface area contributed by atoms with E-state index >= 15 is 0 Å². The van der Waals surface area contributed by atoms with Gasteiger partial charge in [0.1, 0.15) is 11.5 Å². The van der Waals surface area contributed by atoms with Crippen LogP contribution in [0.1, 0.15) is 108 Å². The number of carbonyl (C=O) groups excluding carboxylic acids is 2. The second-order valence-corrected chi connectivity index (χ2v) is 11.1. The number of amides is 1. The van der Waals surface area contributed by atoms with E-state index in [1.807, 2.05) is 11.8 Å². The van der Waals surface area contributed by atoms with E-state index in [4.69, 9.17) is 4.52 Å². The van der Waals surface area contributed by atoms with Crippen LogP contribution >= 0.6 is 0 Å². The first-order chi connectivity index (χ1) is 15.2. The van der Waals surface area contributed by atoms with E-state index in [1.54, 1.807) is 0 Å². The van der Waals surface area contributed by atoms with Gasteiger partial charge in [-0.1, -0.05) is 25.9 Å². The molecule has 0 radical (unpaired) electrons. The topological polar surface area (TPSA) is 79.2 Å². The van der Waals surface area contributed by atoms with Gasteiger partial charge in [0.25, 0.3) is 5.91 Å². The standard InChI is InChI=1S/C26H35N3O3/c1-15-22-20(6-5-7-21(22)30)27-23(15)25(31)29-12-10-16(11-13-29)24-18-14-17(26(2,3)4)8-9-19(18)28-32-24/h16-17,27H,5-14H2,1-4H3/t17-/m0/s1. The number of piperidine rings is 1. The van der Waals surface area contributed by atoms with Crippen molar-refractivity contribution in [2.75, 3.05) is 13.1 Å². The van der Waals surface area contributed by atoms with Crippen LogP contribution in [0, 0.1) is 18.3 Å². The van der Waals surface area contributed by atoms with Gasteiger partial charge in [-0.25, -0.2) is 0 Å². The van der Waals surface area contributed by atoms with Crippen molar-refractivity contribution in [2.24, 2.45) is 11.3 Å². The highest BCUT2D eigenvalue weighted by Gasteiger charge is 2.36. The van der Waals surface area contributed by atoms with E-state index < -0.39 is 0 Å². The Bertz CT molecular complexity index is 1050.